The van der Waals surface area contributed by atoms with E-state index in [4.69, 9.17) is 0 Å². The largest absolute Gasteiger partial charge is 0.0810 e. The topological polar surface area (TPSA) is 0 Å². The van der Waals surface area contributed by atoms with Crippen LogP contribution in [0.5, 0.6) is 0 Å². The third-order valence-corrected chi connectivity index (χ3v) is 2.16. The van der Waals surface area contributed by atoms with E-state index in [1.54, 1.807) is 0 Å². The number of hydrogen-bond acceptors (Lipinski definition) is 0. The van der Waals surface area contributed by atoms with Gasteiger partial charge in [0, 0.05) is 0 Å². The predicted molar refractivity (Wildman–Crippen MR) is 44.7 cm³/mol. The van der Waals surface area contributed by atoms with Crippen molar-refractivity contribution in [1.82, 2.24) is 0 Å². The molecule has 0 aromatic rings. The van der Waals surface area contributed by atoms with Gasteiger partial charge in [-0.3, -0.25) is 0 Å². The van der Waals surface area contributed by atoms with Crippen molar-refractivity contribution in [1.29, 1.82) is 0 Å². The number of rotatable bonds is 2. The first-order valence-corrected chi connectivity index (χ1v) is 4.51. The molecule has 0 nitrogen and oxygen atoms in total. The SMILES string of the molecule is CC/C=[C]\C1CCCCC1. The Bertz CT molecular complexity index is 96.6. The Balaban J connectivity index is 2.19. The summed E-state index contributed by atoms with van der Waals surface area (Å²) in [5, 5.41) is 0. The molecule has 1 fully saturated rings. The third-order valence-electron chi connectivity index (χ3n) is 2.16. The molecule has 0 unspecified atom stereocenters. The van der Waals surface area contributed by atoms with Crippen molar-refractivity contribution in [3.63, 3.8) is 0 Å². The highest BCUT2D eigenvalue weighted by Gasteiger charge is 2.09. The molecule has 0 aliphatic heterocycles. The van der Waals surface area contributed by atoms with Gasteiger partial charge >= 0.3 is 0 Å². The first-order valence-electron chi connectivity index (χ1n) is 4.51. The highest BCUT2D eigenvalue weighted by atomic mass is 14.1. The van der Waals surface area contributed by atoms with Gasteiger partial charge in [-0.2, -0.15) is 0 Å². The van der Waals surface area contributed by atoms with Crippen LogP contribution in [0.1, 0.15) is 45.4 Å². The highest BCUT2D eigenvalue weighted by molar-refractivity contribution is 4.81. The van der Waals surface area contributed by atoms with Gasteiger partial charge in [0.15, 0.2) is 0 Å². The van der Waals surface area contributed by atoms with Crippen LogP contribution in [0.15, 0.2) is 6.08 Å². The zero-order valence-corrected chi connectivity index (χ0v) is 6.90. The molecule has 1 aliphatic carbocycles. The molecule has 1 rings (SSSR count). The summed E-state index contributed by atoms with van der Waals surface area (Å²) in [5.41, 5.74) is 0. The van der Waals surface area contributed by atoms with Gasteiger partial charge in [-0.25, -0.2) is 0 Å². The summed E-state index contributed by atoms with van der Waals surface area (Å²) in [5.74, 6) is 0.800. The Morgan fingerprint density at radius 1 is 1.30 bits per heavy atom. The van der Waals surface area contributed by atoms with Crippen molar-refractivity contribution < 1.29 is 0 Å². The fraction of sp³-hybridized carbons (Fsp3) is 0.800. The van der Waals surface area contributed by atoms with Gasteiger partial charge in [0.25, 0.3) is 0 Å². The lowest BCUT2D eigenvalue weighted by Crippen LogP contribution is -2.02. The van der Waals surface area contributed by atoms with E-state index in [1.165, 1.54) is 32.1 Å². The summed E-state index contributed by atoms with van der Waals surface area (Å²) in [7, 11) is 0. The lowest BCUT2D eigenvalue weighted by molar-refractivity contribution is 0.410. The fourth-order valence-electron chi connectivity index (χ4n) is 1.55. The number of hydrogen-bond donors (Lipinski definition) is 0. The molecule has 0 aromatic carbocycles. The molecule has 10 heavy (non-hydrogen) atoms. The van der Waals surface area contributed by atoms with E-state index in [9.17, 15) is 0 Å². The van der Waals surface area contributed by atoms with Crippen LogP contribution in [0.4, 0.5) is 0 Å². The molecule has 57 valence electrons. The van der Waals surface area contributed by atoms with Gasteiger partial charge in [0.1, 0.15) is 0 Å². The standard InChI is InChI=1S/C10H17/c1-2-3-7-10-8-5-4-6-9-10/h3,10H,2,4-6,8-9H2,1H3. The molecule has 0 spiro atoms. The maximum absolute atomic E-state index is 3.45. The Morgan fingerprint density at radius 2 is 2.00 bits per heavy atom. The van der Waals surface area contributed by atoms with Crippen molar-refractivity contribution in [3.8, 4) is 0 Å². The molecular formula is C10H17. The van der Waals surface area contributed by atoms with E-state index < -0.39 is 0 Å². The van der Waals surface area contributed by atoms with Crippen LogP contribution in [-0.2, 0) is 0 Å². The molecule has 0 atom stereocenters. The number of allylic oxidation sites excluding steroid dienone is 2. The normalized spacial score (nSPS) is 22.1. The van der Waals surface area contributed by atoms with Crippen molar-refractivity contribution in [2.45, 2.75) is 45.4 Å². The quantitative estimate of drug-likeness (QED) is 0.547. The summed E-state index contributed by atoms with van der Waals surface area (Å²) in [6, 6.07) is 0. The van der Waals surface area contributed by atoms with E-state index in [1.807, 2.05) is 0 Å². The Kier molecular flexibility index (Phi) is 3.56. The van der Waals surface area contributed by atoms with E-state index in [2.05, 4.69) is 19.1 Å². The third kappa shape index (κ3) is 2.55. The zero-order chi connectivity index (χ0) is 7.23. The second kappa shape index (κ2) is 4.54. The van der Waals surface area contributed by atoms with Gasteiger partial charge in [0.05, 0.1) is 0 Å². The molecule has 1 saturated carbocycles. The smallest absolute Gasteiger partial charge is 0.0162 e. The fourth-order valence-corrected chi connectivity index (χ4v) is 1.55. The molecule has 0 amide bonds. The minimum atomic E-state index is 0.800. The average molecular weight is 137 g/mol. The molecular weight excluding hydrogens is 120 g/mol. The minimum Gasteiger partial charge on any atom is -0.0810 e. The molecule has 1 aliphatic rings. The summed E-state index contributed by atoms with van der Waals surface area (Å²) >= 11 is 0. The van der Waals surface area contributed by atoms with Gasteiger partial charge < -0.3 is 0 Å². The maximum atomic E-state index is 3.45. The second-order valence-electron chi connectivity index (χ2n) is 3.11. The minimum absolute atomic E-state index is 0.800. The van der Waals surface area contributed by atoms with Crippen molar-refractivity contribution in [2.24, 2.45) is 5.92 Å². The lowest BCUT2D eigenvalue weighted by atomic mass is 9.89. The van der Waals surface area contributed by atoms with Crippen molar-refractivity contribution >= 4 is 0 Å². The maximum Gasteiger partial charge on any atom is -0.0162 e. The van der Waals surface area contributed by atoms with Crippen LogP contribution < -0.4 is 0 Å². The second-order valence-corrected chi connectivity index (χ2v) is 3.11. The first kappa shape index (κ1) is 7.84. The van der Waals surface area contributed by atoms with Gasteiger partial charge in [-0.05, 0) is 31.3 Å². The molecule has 1 radical (unpaired) electrons. The molecule has 0 bridgehead atoms. The van der Waals surface area contributed by atoms with Crippen molar-refractivity contribution in [2.75, 3.05) is 0 Å². The van der Waals surface area contributed by atoms with Crippen LogP contribution in [0.25, 0.3) is 0 Å². The van der Waals surface area contributed by atoms with Gasteiger partial charge in [-0.15, -0.1) is 0 Å². The van der Waals surface area contributed by atoms with E-state index in [0.717, 1.165) is 12.3 Å². The average Bonchev–Trinajstić information content (AvgIpc) is 2.03. The first-order chi connectivity index (χ1) is 4.93. The van der Waals surface area contributed by atoms with Crippen LogP contribution in [-0.4, -0.2) is 0 Å². The van der Waals surface area contributed by atoms with E-state index in [0.29, 0.717) is 0 Å². The highest BCUT2D eigenvalue weighted by Crippen LogP contribution is 2.23. The monoisotopic (exact) mass is 137 g/mol. The Morgan fingerprint density at radius 3 is 2.60 bits per heavy atom. The van der Waals surface area contributed by atoms with Gasteiger partial charge in [0.2, 0.25) is 0 Å². The summed E-state index contributed by atoms with van der Waals surface area (Å²) in [4.78, 5) is 0. The van der Waals surface area contributed by atoms with Gasteiger partial charge in [-0.1, -0.05) is 32.3 Å². The lowest BCUT2D eigenvalue weighted by Gasteiger charge is -2.16. The van der Waals surface area contributed by atoms with E-state index >= 15 is 0 Å². The van der Waals surface area contributed by atoms with Crippen LogP contribution in [0.2, 0.25) is 0 Å². The Hall–Kier alpha value is -0.260. The summed E-state index contributed by atoms with van der Waals surface area (Å²) in [6.07, 6.45) is 13.9. The van der Waals surface area contributed by atoms with Crippen molar-refractivity contribution in [3.05, 3.63) is 12.2 Å². The van der Waals surface area contributed by atoms with E-state index in [-0.39, 0.29) is 0 Å². The molecule has 0 aromatic heterocycles. The van der Waals surface area contributed by atoms with Crippen LogP contribution >= 0.6 is 0 Å². The molecule has 0 heteroatoms. The summed E-state index contributed by atoms with van der Waals surface area (Å²) in [6.45, 7) is 2.18. The zero-order valence-electron chi connectivity index (χ0n) is 6.90. The van der Waals surface area contributed by atoms with Crippen LogP contribution in [0, 0.1) is 12.0 Å². The molecule has 0 N–H and O–H groups in total. The predicted octanol–water partition coefficient (Wildman–Crippen LogP) is 3.34. The summed E-state index contributed by atoms with van der Waals surface area (Å²) < 4.78 is 0. The Labute approximate surface area is 64.3 Å². The molecule has 0 saturated heterocycles. The van der Waals surface area contributed by atoms with Crippen LogP contribution in [0.3, 0.4) is 0 Å². The molecule has 0 heterocycles.